The number of likely N-dealkylation sites (N-methyl/N-ethyl adjacent to an activating group) is 1. The minimum absolute atomic E-state index is 0.0440. The zero-order valence-corrected chi connectivity index (χ0v) is 11.4. The molecule has 2 heterocycles. The Kier molecular flexibility index (Phi) is 3.63. The Hall–Kier alpha value is -1.47. The van der Waals surface area contributed by atoms with Gasteiger partial charge in [0.1, 0.15) is 11.9 Å². The van der Waals surface area contributed by atoms with Gasteiger partial charge >= 0.3 is 5.82 Å². The van der Waals surface area contributed by atoms with Crippen LogP contribution >= 0.6 is 11.3 Å². The van der Waals surface area contributed by atoms with E-state index in [2.05, 4.69) is 10.3 Å². The molecular weight excluding hydrogens is 252 g/mol. The standard InChI is InChI=1S/C11H16N4O2S/c1-4-8(7(2)12-3)9-10(15(16)17)14-5-6-18-11(14)13-9/h5-8,12H,4H2,1-3H3. The van der Waals surface area contributed by atoms with Crippen molar-refractivity contribution in [1.29, 1.82) is 0 Å². The molecular formula is C11H16N4O2S. The van der Waals surface area contributed by atoms with Crippen LogP contribution in [0, 0.1) is 10.1 Å². The molecule has 0 aliphatic carbocycles. The molecule has 0 spiro atoms. The smallest absolute Gasteiger partial charge is 0.352 e. The monoisotopic (exact) mass is 268 g/mol. The van der Waals surface area contributed by atoms with E-state index >= 15 is 0 Å². The van der Waals surface area contributed by atoms with Crippen molar-refractivity contribution in [3.05, 3.63) is 27.4 Å². The normalized spacial score (nSPS) is 14.8. The third-order valence-electron chi connectivity index (χ3n) is 3.29. The van der Waals surface area contributed by atoms with Crippen LogP contribution in [0.15, 0.2) is 11.6 Å². The van der Waals surface area contributed by atoms with Crippen LogP contribution < -0.4 is 5.32 Å². The van der Waals surface area contributed by atoms with E-state index in [-0.39, 0.29) is 22.7 Å². The average molecular weight is 268 g/mol. The van der Waals surface area contributed by atoms with Gasteiger partial charge < -0.3 is 15.4 Å². The first-order chi connectivity index (χ1) is 8.60. The first-order valence-electron chi connectivity index (χ1n) is 5.87. The molecule has 0 radical (unpaired) electrons. The molecule has 0 fully saturated rings. The summed E-state index contributed by atoms with van der Waals surface area (Å²) in [6.07, 6.45) is 2.51. The van der Waals surface area contributed by atoms with Crippen LogP contribution in [0.4, 0.5) is 5.82 Å². The van der Waals surface area contributed by atoms with Gasteiger partial charge in [-0.25, -0.2) is 0 Å². The van der Waals surface area contributed by atoms with E-state index in [0.717, 1.165) is 6.42 Å². The summed E-state index contributed by atoms with van der Waals surface area (Å²) in [6, 6.07) is 0.151. The van der Waals surface area contributed by atoms with E-state index < -0.39 is 0 Å². The molecule has 6 nitrogen and oxygen atoms in total. The zero-order valence-electron chi connectivity index (χ0n) is 10.6. The molecule has 0 amide bonds. The molecule has 0 aliphatic heterocycles. The van der Waals surface area contributed by atoms with Gasteiger partial charge in [0.2, 0.25) is 0 Å². The highest BCUT2D eigenvalue weighted by Crippen LogP contribution is 2.33. The molecule has 2 rings (SSSR count). The third kappa shape index (κ3) is 1.99. The summed E-state index contributed by atoms with van der Waals surface area (Å²) < 4.78 is 1.56. The van der Waals surface area contributed by atoms with Crippen LogP contribution in [0.2, 0.25) is 0 Å². The Bertz CT molecular complexity index is 562. The number of nitrogens with zero attached hydrogens (tertiary/aromatic N) is 3. The summed E-state index contributed by atoms with van der Waals surface area (Å²) in [5.41, 5.74) is 0.580. The van der Waals surface area contributed by atoms with Crippen molar-refractivity contribution in [1.82, 2.24) is 14.7 Å². The largest absolute Gasteiger partial charge is 0.358 e. The lowest BCUT2D eigenvalue weighted by atomic mass is 9.94. The van der Waals surface area contributed by atoms with Crippen LogP contribution in [0.5, 0.6) is 0 Å². The number of rotatable bonds is 5. The van der Waals surface area contributed by atoms with Crippen molar-refractivity contribution in [2.24, 2.45) is 0 Å². The first kappa shape index (κ1) is 13.0. The molecule has 2 unspecified atom stereocenters. The molecule has 0 saturated heterocycles. The zero-order chi connectivity index (χ0) is 13.3. The SMILES string of the molecule is CCC(c1nc2sccn2c1[N+](=O)[O-])C(C)NC. The lowest BCUT2D eigenvalue weighted by Crippen LogP contribution is -2.29. The van der Waals surface area contributed by atoms with Crippen LogP contribution in [0.25, 0.3) is 4.96 Å². The van der Waals surface area contributed by atoms with E-state index in [0.29, 0.717) is 10.7 Å². The van der Waals surface area contributed by atoms with Gasteiger partial charge in [-0.05, 0) is 25.3 Å². The molecule has 98 valence electrons. The molecule has 0 saturated carbocycles. The second-order valence-electron chi connectivity index (χ2n) is 4.23. The maximum absolute atomic E-state index is 11.3. The number of nitro groups is 1. The Labute approximate surface area is 109 Å². The molecule has 0 bridgehead atoms. The molecule has 18 heavy (non-hydrogen) atoms. The molecule has 7 heteroatoms. The van der Waals surface area contributed by atoms with Gasteiger partial charge in [0, 0.05) is 17.3 Å². The van der Waals surface area contributed by atoms with Gasteiger partial charge in [-0.15, -0.1) is 0 Å². The molecule has 2 atom stereocenters. The number of hydrogen-bond donors (Lipinski definition) is 1. The minimum Gasteiger partial charge on any atom is -0.358 e. The van der Waals surface area contributed by atoms with E-state index in [9.17, 15) is 10.1 Å². The quantitative estimate of drug-likeness (QED) is 0.667. The Morgan fingerprint density at radius 3 is 2.94 bits per heavy atom. The van der Waals surface area contributed by atoms with Gasteiger partial charge in [0.05, 0.1) is 0 Å². The van der Waals surface area contributed by atoms with Crippen LogP contribution in [0.3, 0.4) is 0 Å². The van der Waals surface area contributed by atoms with Crippen molar-refractivity contribution in [2.45, 2.75) is 32.2 Å². The lowest BCUT2D eigenvalue weighted by Gasteiger charge is -2.19. The number of aromatic nitrogens is 2. The summed E-state index contributed by atoms with van der Waals surface area (Å²) >= 11 is 1.41. The van der Waals surface area contributed by atoms with Crippen molar-refractivity contribution >= 4 is 22.1 Å². The molecule has 0 aliphatic rings. The molecule has 2 aromatic heterocycles. The Morgan fingerprint density at radius 2 is 2.39 bits per heavy atom. The number of fused-ring (bicyclic) bond motifs is 1. The predicted octanol–water partition coefficient (Wildman–Crippen LogP) is 2.41. The van der Waals surface area contributed by atoms with Crippen LogP contribution in [-0.2, 0) is 0 Å². The van der Waals surface area contributed by atoms with Crippen molar-refractivity contribution < 1.29 is 4.92 Å². The van der Waals surface area contributed by atoms with Crippen molar-refractivity contribution in [3.8, 4) is 0 Å². The summed E-state index contributed by atoms with van der Waals surface area (Å²) in [5.74, 6) is 0.141. The predicted molar refractivity (Wildman–Crippen MR) is 71.3 cm³/mol. The van der Waals surface area contributed by atoms with E-state index in [1.807, 2.05) is 26.3 Å². The highest BCUT2D eigenvalue weighted by molar-refractivity contribution is 7.15. The third-order valence-corrected chi connectivity index (χ3v) is 4.04. The van der Waals surface area contributed by atoms with Gasteiger partial charge in [-0.2, -0.15) is 9.38 Å². The molecule has 1 N–H and O–H groups in total. The van der Waals surface area contributed by atoms with Crippen molar-refractivity contribution in [3.63, 3.8) is 0 Å². The second-order valence-corrected chi connectivity index (χ2v) is 5.10. The van der Waals surface area contributed by atoms with Crippen LogP contribution in [0.1, 0.15) is 31.9 Å². The van der Waals surface area contributed by atoms with Gasteiger partial charge in [-0.3, -0.25) is 0 Å². The second kappa shape index (κ2) is 5.03. The summed E-state index contributed by atoms with van der Waals surface area (Å²) in [4.78, 5) is 16.0. The average Bonchev–Trinajstić information content (AvgIpc) is 2.89. The van der Waals surface area contributed by atoms with E-state index in [4.69, 9.17) is 0 Å². The van der Waals surface area contributed by atoms with Crippen LogP contribution in [-0.4, -0.2) is 27.4 Å². The summed E-state index contributed by atoms with van der Waals surface area (Å²) in [5, 5.41) is 16.2. The molecule has 2 aromatic rings. The molecule has 0 aromatic carbocycles. The van der Waals surface area contributed by atoms with Gasteiger partial charge in [-0.1, -0.05) is 18.3 Å². The topological polar surface area (TPSA) is 72.5 Å². The number of hydrogen-bond acceptors (Lipinski definition) is 5. The van der Waals surface area contributed by atoms with E-state index in [1.165, 1.54) is 11.3 Å². The maximum Gasteiger partial charge on any atom is 0.352 e. The first-order valence-corrected chi connectivity index (χ1v) is 6.75. The summed E-state index contributed by atoms with van der Waals surface area (Å²) in [7, 11) is 1.86. The lowest BCUT2D eigenvalue weighted by molar-refractivity contribution is -0.391. The fraction of sp³-hybridized carbons (Fsp3) is 0.545. The Balaban J connectivity index is 2.58. The summed E-state index contributed by atoms with van der Waals surface area (Å²) in [6.45, 7) is 4.04. The number of nitrogens with one attached hydrogen (secondary N) is 1. The fourth-order valence-corrected chi connectivity index (χ4v) is 2.92. The van der Waals surface area contributed by atoms with Gasteiger partial charge in [0.15, 0.2) is 0 Å². The number of imidazole rings is 1. The maximum atomic E-state index is 11.3. The minimum atomic E-state index is -0.340. The Morgan fingerprint density at radius 1 is 1.67 bits per heavy atom. The fourth-order valence-electron chi connectivity index (χ4n) is 2.21. The van der Waals surface area contributed by atoms with E-state index in [1.54, 1.807) is 10.6 Å². The number of thiazole rings is 1. The highest BCUT2D eigenvalue weighted by Gasteiger charge is 2.31. The highest BCUT2D eigenvalue weighted by atomic mass is 32.1. The van der Waals surface area contributed by atoms with Crippen molar-refractivity contribution in [2.75, 3.05) is 7.05 Å². The van der Waals surface area contributed by atoms with Gasteiger partial charge in [0.25, 0.3) is 4.96 Å².